The second kappa shape index (κ2) is 3.01. The lowest BCUT2D eigenvalue weighted by Crippen LogP contribution is -2.24. The van der Waals surface area contributed by atoms with Gasteiger partial charge in [-0.15, -0.1) is 0 Å². The van der Waals surface area contributed by atoms with Gasteiger partial charge in [-0.3, -0.25) is 14.9 Å². The third-order valence-electron chi connectivity index (χ3n) is 2.33. The molecule has 0 aromatic heterocycles. The van der Waals surface area contributed by atoms with Crippen LogP contribution in [0.25, 0.3) is 0 Å². The smallest absolute Gasteiger partial charge is 0.268 e. The van der Waals surface area contributed by atoms with Gasteiger partial charge < -0.3 is 0 Å². The van der Waals surface area contributed by atoms with E-state index in [0.717, 1.165) is 25.2 Å². The van der Waals surface area contributed by atoms with E-state index in [1.807, 2.05) is 0 Å². The second-order valence-corrected chi connectivity index (χ2v) is 5.15. The summed E-state index contributed by atoms with van der Waals surface area (Å²) in [6, 6.07) is 3.10. The molecule has 8 heteroatoms. The van der Waals surface area contributed by atoms with Crippen LogP contribution in [0.3, 0.4) is 0 Å². The van der Waals surface area contributed by atoms with Crippen molar-refractivity contribution in [2.75, 3.05) is 7.05 Å². The van der Waals surface area contributed by atoms with Crippen molar-refractivity contribution in [3.8, 4) is 0 Å². The summed E-state index contributed by atoms with van der Waals surface area (Å²) in [5.41, 5.74) is -0.464. The zero-order chi connectivity index (χ0) is 12.1. The molecule has 1 aliphatic heterocycles. The highest BCUT2D eigenvalue weighted by Gasteiger charge is 2.39. The number of hydrogen-bond acceptors (Lipinski definition) is 5. The van der Waals surface area contributed by atoms with Crippen LogP contribution >= 0.6 is 0 Å². The number of nitro benzene ring substituents is 1. The minimum absolute atomic E-state index is 0.156. The van der Waals surface area contributed by atoms with Crippen molar-refractivity contribution in [3.05, 3.63) is 33.9 Å². The number of nitrogens with zero attached hydrogens (tertiary/aromatic N) is 2. The van der Waals surface area contributed by atoms with Crippen molar-refractivity contribution in [2.24, 2.45) is 0 Å². The highest BCUT2D eigenvalue weighted by molar-refractivity contribution is 7.90. The third kappa shape index (κ3) is 1.20. The summed E-state index contributed by atoms with van der Waals surface area (Å²) in [7, 11) is -2.70. The van der Waals surface area contributed by atoms with Gasteiger partial charge in [0.15, 0.2) is 0 Å². The quantitative estimate of drug-likeness (QED) is 0.523. The molecule has 16 heavy (non-hydrogen) atoms. The highest BCUT2D eigenvalue weighted by atomic mass is 32.2. The number of amides is 1. The molecule has 7 nitrogen and oxygen atoms in total. The molecule has 1 amide bonds. The van der Waals surface area contributed by atoms with Gasteiger partial charge in [0.2, 0.25) is 0 Å². The van der Waals surface area contributed by atoms with Crippen molar-refractivity contribution >= 4 is 21.6 Å². The molecule has 2 rings (SSSR count). The van der Waals surface area contributed by atoms with Crippen LogP contribution in [0.1, 0.15) is 10.4 Å². The molecule has 0 spiro atoms. The largest absolute Gasteiger partial charge is 0.270 e. The summed E-state index contributed by atoms with van der Waals surface area (Å²) in [5.74, 6) is -0.751. The van der Waals surface area contributed by atoms with E-state index in [1.54, 1.807) is 0 Å². The summed E-state index contributed by atoms with van der Waals surface area (Å²) >= 11 is 0. The van der Waals surface area contributed by atoms with Crippen LogP contribution in [0.5, 0.6) is 0 Å². The van der Waals surface area contributed by atoms with Gasteiger partial charge in [-0.2, -0.15) is 0 Å². The molecule has 0 fully saturated rings. The van der Waals surface area contributed by atoms with Crippen molar-refractivity contribution < 1.29 is 18.1 Å². The summed E-state index contributed by atoms with van der Waals surface area (Å²) in [4.78, 5) is 21.1. The van der Waals surface area contributed by atoms with Crippen molar-refractivity contribution in [1.29, 1.82) is 0 Å². The Hall–Kier alpha value is -1.96. The molecular formula is C8H6N2O5S. The Morgan fingerprint density at radius 2 is 2.00 bits per heavy atom. The fourth-order valence-electron chi connectivity index (χ4n) is 1.45. The maximum Gasteiger partial charge on any atom is 0.270 e. The first-order valence-corrected chi connectivity index (χ1v) is 5.61. The van der Waals surface area contributed by atoms with Gasteiger partial charge in [0, 0.05) is 19.2 Å². The topological polar surface area (TPSA) is 97.6 Å². The maximum atomic E-state index is 11.6. The van der Waals surface area contributed by atoms with E-state index >= 15 is 0 Å². The number of carbonyl (C=O) groups is 1. The maximum absolute atomic E-state index is 11.6. The predicted octanol–water partition coefficient (Wildman–Crippen LogP) is 0.369. The van der Waals surface area contributed by atoms with E-state index in [0.29, 0.717) is 4.31 Å². The van der Waals surface area contributed by atoms with Crippen LogP contribution in [0.4, 0.5) is 5.69 Å². The van der Waals surface area contributed by atoms with Gasteiger partial charge in [0.05, 0.1) is 10.5 Å². The molecule has 0 unspecified atom stereocenters. The number of carbonyl (C=O) groups excluding carboxylic acids is 1. The molecule has 0 saturated carbocycles. The Morgan fingerprint density at radius 3 is 2.56 bits per heavy atom. The molecule has 0 saturated heterocycles. The van der Waals surface area contributed by atoms with Crippen molar-refractivity contribution in [1.82, 2.24) is 4.31 Å². The van der Waals surface area contributed by atoms with Crippen LogP contribution in [0.15, 0.2) is 23.1 Å². The highest BCUT2D eigenvalue weighted by Crippen LogP contribution is 2.31. The SMILES string of the molecule is CN1C(=O)c2cc([N+](=O)[O-])ccc2S1(=O)=O. The normalized spacial score (nSPS) is 17.3. The van der Waals surface area contributed by atoms with Gasteiger partial charge in [-0.05, 0) is 6.07 Å². The van der Waals surface area contributed by atoms with Crippen molar-refractivity contribution in [3.63, 3.8) is 0 Å². The zero-order valence-corrected chi connectivity index (χ0v) is 8.89. The Labute approximate surface area is 90.5 Å². The monoisotopic (exact) mass is 242 g/mol. The molecule has 84 valence electrons. The number of fused-ring (bicyclic) bond motifs is 1. The standard InChI is InChI=1S/C8H6N2O5S/c1-9-8(11)6-4-5(10(12)13)2-3-7(6)16(9,14)15/h2-4H,1H3. The molecule has 0 N–H and O–H groups in total. The Bertz CT molecular complexity index is 607. The van der Waals surface area contributed by atoms with E-state index in [4.69, 9.17) is 0 Å². The Morgan fingerprint density at radius 1 is 1.38 bits per heavy atom. The van der Waals surface area contributed by atoms with E-state index in [1.165, 1.54) is 0 Å². The van der Waals surface area contributed by atoms with Crippen LogP contribution in [0, 0.1) is 10.1 Å². The van der Waals surface area contributed by atoms with Crippen molar-refractivity contribution in [2.45, 2.75) is 4.90 Å². The molecule has 0 radical (unpaired) electrons. The average Bonchev–Trinajstić information content (AvgIpc) is 2.40. The minimum Gasteiger partial charge on any atom is -0.268 e. The first-order chi connectivity index (χ1) is 7.35. The summed E-state index contributed by atoms with van der Waals surface area (Å²) in [5, 5.41) is 10.5. The van der Waals surface area contributed by atoms with Crippen LogP contribution < -0.4 is 0 Å². The first-order valence-electron chi connectivity index (χ1n) is 4.17. The van der Waals surface area contributed by atoms with Gasteiger partial charge >= 0.3 is 0 Å². The lowest BCUT2D eigenvalue weighted by molar-refractivity contribution is -0.384. The lowest BCUT2D eigenvalue weighted by atomic mass is 10.2. The van der Waals surface area contributed by atoms with E-state index in [-0.39, 0.29) is 16.1 Å². The van der Waals surface area contributed by atoms with Gasteiger partial charge in [0.25, 0.3) is 21.6 Å². The zero-order valence-electron chi connectivity index (χ0n) is 8.08. The molecule has 1 aliphatic rings. The number of rotatable bonds is 1. The Kier molecular flexibility index (Phi) is 1.99. The van der Waals surface area contributed by atoms with Gasteiger partial charge in [0.1, 0.15) is 4.90 Å². The van der Waals surface area contributed by atoms with E-state index < -0.39 is 20.9 Å². The number of benzene rings is 1. The van der Waals surface area contributed by atoms with Crippen LogP contribution in [-0.4, -0.2) is 30.6 Å². The number of non-ortho nitro benzene ring substituents is 1. The fraction of sp³-hybridized carbons (Fsp3) is 0.125. The summed E-state index contributed by atoms with van der Waals surface area (Å²) < 4.78 is 23.8. The molecule has 1 heterocycles. The molecule has 1 aromatic carbocycles. The second-order valence-electron chi connectivity index (χ2n) is 3.22. The summed E-state index contributed by atoms with van der Waals surface area (Å²) in [6.45, 7) is 0. The molecule has 1 aromatic rings. The van der Waals surface area contributed by atoms with Gasteiger partial charge in [-0.25, -0.2) is 12.7 Å². The number of sulfonamides is 1. The first kappa shape index (κ1) is 10.6. The number of hydrogen-bond donors (Lipinski definition) is 0. The average molecular weight is 242 g/mol. The fourth-order valence-corrected chi connectivity index (χ4v) is 2.73. The number of nitro groups is 1. The minimum atomic E-state index is -3.81. The van der Waals surface area contributed by atoms with Crippen LogP contribution in [0.2, 0.25) is 0 Å². The molecule has 0 atom stereocenters. The molecule has 0 aliphatic carbocycles. The summed E-state index contributed by atoms with van der Waals surface area (Å²) in [6.07, 6.45) is 0. The predicted molar refractivity (Wildman–Crippen MR) is 52.4 cm³/mol. The van der Waals surface area contributed by atoms with Crippen LogP contribution in [-0.2, 0) is 10.0 Å². The third-order valence-corrected chi connectivity index (χ3v) is 4.13. The Balaban J connectivity index is 2.74. The van der Waals surface area contributed by atoms with Gasteiger partial charge in [-0.1, -0.05) is 0 Å². The lowest BCUT2D eigenvalue weighted by Gasteiger charge is -2.05. The van der Waals surface area contributed by atoms with E-state index in [2.05, 4.69) is 0 Å². The van der Waals surface area contributed by atoms with E-state index in [9.17, 15) is 23.3 Å². The molecule has 0 bridgehead atoms. The molecular weight excluding hydrogens is 236 g/mol.